The van der Waals surface area contributed by atoms with Gasteiger partial charge in [-0.15, -0.1) is 0 Å². The van der Waals surface area contributed by atoms with Gasteiger partial charge in [-0.25, -0.2) is 5.43 Å². The van der Waals surface area contributed by atoms with Crippen LogP contribution in [-0.2, 0) is 0 Å². The quantitative estimate of drug-likeness (QED) is 0.493. The molecule has 3 N–H and O–H groups in total. The van der Waals surface area contributed by atoms with E-state index in [9.17, 15) is 0 Å². The zero-order valence-corrected chi connectivity index (χ0v) is 11.8. The van der Waals surface area contributed by atoms with Crippen LogP contribution in [0.5, 0.6) is 5.75 Å². The molecule has 3 nitrogen and oxygen atoms in total. The molecule has 2 rings (SSSR count). The minimum Gasteiger partial charge on any atom is -0.492 e. The summed E-state index contributed by atoms with van der Waals surface area (Å²) in [4.78, 5) is 0. The standard InChI is InChI=1S/C15H21ClN2O/c16-13-7-9-14(10-8-13)19-11-15(18-17)12-5-3-1-2-4-6-12/h5,7-10,15,18H,1-4,6,11,17H2. The largest absolute Gasteiger partial charge is 0.492 e. The Hall–Kier alpha value is -1.03. The van der Waals surface area contributed by atoms with E-state index in [0.717, 1.165) is 18.6 Å². The summed E-state index contributed by atoms with van der Waals surface area (Å²) < 4.78 is 5.77. The highest BCUT2D eigenvalue weighted by atomic mass is 35.5. The van der Waals surface area contributed by atoms with E-state index in [4.69, 9.17) is 22.2 Å². The number of halogens is 1. The van der Waals surface area contributed by atoms with Gasteiger partial charge in [0.05, 0.1) is 6.04 Å². The second-order valence-electron chi connectivity index (χ2n) is 4.86. The van der Waals surface area contributed by atoms with Crippen LogP contribution >= 0.6 is 11.6 Å². The molecular formula is C15H21ClN2O. The first kappa shape index (κ1) is 14.4. The summed E-state index contributed by atoms with van der Waals surface area (Å²) in [5, 5.41) is 0.715. The van der Waals surface area contributed by atoms with E-state index in [2.05, 4.69) is 11.5 Å². The number of benzene rings is 1. The normalized spacial score (nSPS) is 17.5. The number of allylic oxidation sites excluding steroid dienone is 1. The third kappa shape index (κ3) is 4.53. The van der Waals surface area contributed by atoms with Gasteiger partial charge in [-0.2, -0.15) is 0 Å². The molecule has 0 bridgehead atoms. The average molecular weight is 281 g/mol. The van der Waals surface area contributed by atoms with E-state index in [1.54, 1.807) is 0 Å². The third-order valence-electron chi connectivity index (χ3n) is 3.46. The summed E-state index contributed by atoms with van der Waals surface area (Å²) in [7, 11) is 0. The van der Waals surface area contributed by atoms with E-state index >= 15 is 0 Å². The minimum absolute atomic E-state index is 0.0915. The second kappa shape index (κ2) is 7.53. The third-order valence-corrected chi connectivity index (χ3v) is 3.71. The Morgan fingerprint density at radius 1 is 1.21 bits per heavy atom. The molecule has 1 aliphatic carbocycles. The summed E-state index contributed by atoms with van der Waals surface area (Å²) in [5.74, 6) is 6.47. The maximum absolute atomic E-state index is 5.84. The van der Waals surface area contributed by atoms with Gasteiger partial charge in [0.1, 0.15) is 12.4 Å². The lowest BCUT2D eigenvalue weighted by Crippen LogP contribution is -2.41. The molecule has 0 aliphatic heterocycles. The molecule has 0 heterocycles. The number of hydrazine groups is 1. The van der Waals surface area contributed by atoms with E-state index in [1.165, 1.54) is 24.8 Å². The lowest BCUT2D eigenvalue weighted by Gasteiger charge is -2.19. The van der Waals surface area contributed by atoms with E-state index in [-0.39, 0.29) is 6.04 Å². The first-order valence-electron chi connectivity index (χ1n) is 6.83. The van der Waals surface area contributed by atoms with Gasteiger partial charge >= 0.3 is 0 Å². The number of hydrogen-bond acceptors (Lipinski definition) is 3. The van der Waals surface area contributed by atoms with Crippen molar-refractivity contribution in [1.82, 2.24) is 5.43 Å². The summed E-state index contributed by atoms with van der Waals surface area (Å²) in [6.07, 6.45) is 8.38. The summed E-state index contributed by atoms with van der Waals surface area (Å²) in [6.45, 7) is 0.546. The molecule has 0 saturated carbocycles. The average Bonchev–Trinajstić information content (AvgIpc) is 2.71. The van der Waals surface area contributed by atoms with Crippen LogP contribution in [0.1, 0.15) is 32.1 Å². The Balaban J connectivity index is 1.91. The van der Waals surface area contributed by atoms with Crippen LogP contribution in [0.25, 0.3) is 0 Å². The summed E-state index contributed by atoms with van der Waals surface area (Å²) in [5.41, 5.74) is 4.23. The summed E-state index contributed by atoms with van der Waals surface area (Å²) in [6, 6.07) is 7.49. The zero-order chi connectivity index (χ0) is 13.5. The Labute approximate surface area is 119 Å². The number of nitrogens with two attached hydrogens (primary N) is 1. The van der Waals surface area contributed by atoms with Crippen molar-refractivity contribution in [3.8, 4) is 5.75 Å². The molecule has 0 radical (unpaired) electrons. The van der Waals surface area contributed by atoms with Crippen molar-refractivity contribution in [3.05, 3.63) is 40.9 Å². The van der Waals surface area contributed by atoms with E-state index in [1.807, 2.05) is 24.3 Å². The van der Waals surface area contributed by atoms with Gasteiger partial charge in [0.25, 0.3) is 0 Å². The monoisotopic (exact) mass is 280 g/mol. The highest BCUT2D eigenvalue weighted by Gasteiger charge is 2.14. The Morgan fingerprint density at radius 3 is 2.74 bits per heavy atom. The van der Waals surface area contributed by atoms with Crippen molar-refractivity contribution >= 4 is 11.6 Å². The topological polar surface area (TPSA) is 47.3 Å². The molecule has 0 aromatic heterocycles. The van der Waals surface area contributed by atoms with E-state index < -0.39 is 0 Å². The molecular weight excluding hydrogens is 260 g/mol. The maximum atomic E-state index is 5.84. The van der Waals surface area contributed by atoms with Gasteiger partial charge < -0.3 is 4.74 Å². The van der Waals surface area contributed by atoms with Crippen molar-refractivity contribution in [2.75, 3.05) is 6.61 Å². The molecule has 0 fully saturated rings. The second-order valence-corrected chi connectivity index (χ2v) is 5.30. The molecule has 1 aliphatic rings. The number of rotatable bonds is 5. The maximum Gasteiger partial charge on any atom is 0.119 e. The highest BCUT2D eigenvalue weighted by Crippen LogP contribution is 2.21. The smallest absolute Gasteiger partial charge is 0.119 e. The van der Waals surface area contributed by atoms with Crippen molar-refractivity contribution in [2.45, 2.75) is 38.1 Å². The van der Waals surface area contributed by atoms with Gasteiger partial charge in [0, 0.05) is 5.02 Å². The van der Waals surface area contributed by atoms with Crippen molar-refractivity contribution < 1.29 is 4.74 Å². The van der Waals surface area contributed by atoms with Crippen molar-refractivity contribution in [1.29, 1.82) is 0 Å². The van der Waals surface area contributed by atoms with Crippen LogP contribution in [0.3, 0.4) is 0 Å². The van der Waals surface area contributed by atoms with Crippen molar-refractivity contribution in [2.24, 2.45) is 5.84 Å². The highest BCUT2D eigenvalue weighted by molar-refractivity contribution is 6.30. The van der Waals surface area contributed by atoms with Crippen LogP contribution in [0.15, 0.2) is 35.9 Å². The lowest BCUT2D eigenvalue weighted by molar-refractivity contribution is 0.279. The molecule has 0 saturated heterocycles. The van der Waals surface area contributed by atoms with Crippen molar-refractivity contribution in [3.63, 3.8) is 0 Å². The van der Waals surface area contributed by atoms with Gasteiger partial charge in [0.15, 0.2) is 0 Å². The van der Waals surface area contributed by atoms with Crippen LogP contribution in [-0.4, -0.2) is 12.6 Å². The van der Waals surface area contributed by atoms with Crippen LogP contribution in [0.2, 0.25) is 5.02 Å². The predicted molar refractivity (Wildman–Crippen MR) is 79.2 cm³/mol. The number of nitrogens with one attached hydrogen (secondary N) is 1. The molecule has 104 valence electrons. The first-order chi connectivity index (χ1) is 9.29. The minimum atomic E-state index is 0.0915. The Morgan fingerprint density at radius 2 is 2.00 bits per heavy atom. The zero-order valence-electron chi connectivity index (χ0n) is 11.1. The Bertz CT molecular complexity index is 417. The van der Waals surface area contributed by atoms with Crippen LogP contribution in [0, 0.1) is 0 Å². The predicted octanol–water partition coefficient (Wildman–Crippen LogP) is 3.44. The van der Waals surface area contributed by atoms with E-state index in [0.29, 0.717) is 11.6 Å². The van der Waals surface area contributed by atoms with Crippen LogP contribution in [0.4, 0.5) is 0 Å². The molecule has 1 atom stereocenters. The van der Waals surface area contributed by atoms with Gasteiger partial charge in [-0.1, -0.05) is 29.7 Å². The first-order valence-corrected chi connectivity index (χ1v) is 7.21. The molecule has 0 amide bonds. The fourth-order valence-electron chi connectivity index (χ4n) is 2.33. The molecule has 4 heteroatoms. The molecule has 0 spiro atoms. The summed E-state index contributed by atoms with van der Waals surface area (Å²) >= 11 is 5.84. The molecule has 19 heavy (non-hydrogen) atoms. The van der Waals surface area contributed by atoms with Gasteiger partial charge in [-0.3, -0.25) is 5.84 Å². The number of ether oxygens (including phenoxy) is 1. The SMILES string of the molecule is NNC(COc1ccc(Cl)cc1)C1=CCCCCC1. The van der Waals surface area contributed by atoms with Gasteiger partial charge in [-0.05, 0) is 49.9 Å². The lowest BCUT2D eigenvalue weighted by atomic mass is 10.0. The Kier molecular flexibility index (Phi) is 5.70. The molecule has 1 aromatic carbocycles. The fourth-order valence-corrected chi connectivity index (χ4v) is 2.45. The fraction of sp³-hybridized carbons (Fsp3) is 0.467. The van der Waals surface area contributed by atoms with Crippen LogP contribution < -0.4 is 16.0 Å². The molecule has 1 aromatic rings. The van der Waals surface area contributed by atoms with Gasteiger partial charge in [0.2, 0.25) is 0 Å². The molecule has 1 unspecified atom stereocenters. The number of hydrogen-bond donors (Lipinski definition) is 2.